The second kappa shape index (κ2) is 5.28. The Bertz CT molecular complexity index is 754. The number of thiophene rings is 1. The van der Waals surface area contributed by atoms with Crippen LogP contribution in [0.4, 0.5) is 8.78 Å². The van der Waals surface area contributed by atoms with Crippen LogP contribution in [0.2, 0.25) is 0 Å². The molecule has 3 rings (SSSR count). The standard InChI is InChI=1S/C15H12F2N2S/c16-12-6-5-9(7-13(12)17)15(19-18)11-8-20-14-4-2-1-3-10(11)14/h1-8,15,19H,18H2. The first-order chi connectivity index (χ1) is 9.70. The van der Waals surface area contributed by atoms with E-state index in [1.165, 1.54) is 12.1 Å². The van der Waals surface area contributed by atoms with Gasteiger partial charge >= 0.3 is 0 Å². The molecule has 0 amide bonds. The lowest BCUT2D eigenvalue weighted by Crippen LogP contribution is -2.28. The van der Waals surface area contributed by atoms with E-state index >= 15 is 0 Å². The lowest BCUT2D eigenvalue weighted by molar-refractivity contribution is 0.504. The predicted molar refractivity (Wildman–Crippen MR) is 77.3 cm³/mol. The first-order valence-electron chi connectivity index (χ1n) is 6.08. The van der Waals surface area contributed by atoms with Gasteiger partial charge in [-0.25, -0.2) is 14.2 Å². The highest BCUT2D eigenvalue weighted by molar-refractivity contribution is 7.17. The molecule has 1 heterocycles. The fourth-order valence-corrected chi connectivity index (χ4v) is 3.27. The van der Waals surface area contributed by atoms with Crippen LogP contribution in [0.25, 0.3) is 10.1 Å². The van der Waals surface area contributed by atoms with Gasteiger partial charge in [-0.1, -0.05) is 24.3 Å². The van der Waals surface area contributed by atoms with E-state index in [1.54, 1.807) is 11.3 Å². The maximum Gasteiger partial charge on any atom is 0.159 e. The van der Waals surface area contributed by atoms with E-state index in [0.29, 0.717) is 5.56 Å². The zero-order chi connectivity index (χ0) is 14.1. The maximum atomic E-state index is 13.4. The topological polar surface area (TPSA) is 38.0 Å². The molecule has 0 bridgehead atoms. The molecule has 2 aromatic carbocycles. The van der Waals surface area contributed by atoms with E-state index in [1.807, 2.05) is 29.6 Å². The van der Waals surface area contributed by atoms with Gasteiger partial charge in [0.25, 0.3) is 0 Å². The van der Waals surface area contributed by atoms with Gasteiger partial charge in [-0.05, 0) is 40.1 Å². The molecule has 0 fully saturated rings. The van der Waals surface area contributed by atoms with Crippen LogP contribution >= 0.6 is 11.3 Å². The molecule has 0 spiro atoms. The average molecular weight is 290 g/mol. The minimum absolute atomic E-state index is 0.374. The zero-order valence-corrected chi connectivity index (χ0v) is 11.3. The molecule has 3 N–H and O–H groups in total. The second-order valence-corrected chi connectivity index (χ2v) is 5.37. The van der Waals surface area contributed by atoms with Crippen molar-refractivity contribution in [2.24, 2.45) is 5.84 Å². The van der Waals surface area contributed by atoms with E-state index in [2.05, 4.69) is 5.43 Å². The highest BCUT2D eigenvalue weighted by Crippen LogP contribution is 2.33. The Morgan fingerprint density at radius 2 is 1.85 bits per heavy atom. The molecule has 102 valence electrons. The summed E-state index contributed by atoms with van der Waals surface area (Å²) in [6, 6.07) is 11.4. The third-order valence-electron chi connectivity index (χ3n) is 3.27. The van der Waals surface area contributed by atoms with E-state index in [-0.39, 0.29) is 6.04 Å². The molecule has 0 saturated heterocycles. The first kappa shape index (κ1) is 13.2. The van der Waals surface area contributed by atoms with Gasteiger partial charge in [-0.15, -0.1) is 11.3 Å². The molecule has 2 nitrogen and oxygen atoms in total. The minimum Gasteiger partial charge on any atom is -0.271 e. The Morgan fingerprint density at radius 3 is 2.60 bits per heavy atom. The molecule has 3 aromatic rings. The van der Waals surface area contributed by atoms with Crippen molar-refractivity contribution in [3.05, 3.63) is 70.6 Å². The molecule has 0 saturated carbocycles. The summed E-state index contributed by atoms with van der Waals surface area (Å²) in [4.78, 5) is 0. The highest BCUT2D eigenvalue weighted by atomic mass is 32.1. The number of nitrogens with one attached hydrogen (secondary N) is 1. The highest BCUT2D eigenvalue weighted by Gasteiger charge is 2.18. The molecule has 1 atom stereocenters. The summed E-state index contributed by atoms with van der Waals surface area (Å²) in [6.45, 7) is 0. The van der Waals surface area contributed by atoms with Crippen LogP contribution in [0.1, 0.15) is 17.2 Å². The van der Waals surface area contributed by atoms with Crippen LogP contribution < -0.4 is 11.3 Å². The van der Waals surface area contributed by atoms with E-state index in [0.717, 1.165) is 21.7 Å². The van der Waals surface area contributed by atoms with Crippen LogP contribution in [0.3, 0.4) is 0 Å². The minimum atomic E-state index is -0.873. The van der Waals surface area contributed by atoms with Crippen molar-refractivity contribution in [3.63, 3.8) is 0 Å². The number of rotatable bonds is 3. The number of halogens is 2. The molecule has 0 aliphatic heterocycles. The van der Waals surface area contributed by atoms with E-state index in [9.17, 15) is 8.78 Å². The van der Waals surface area contributed by atoms with Gasteiger partial charge in [-0.3, -0.25) is 5.84 Å². The fraction of sp³-hybridized carbons (Fsp3) is 0.0667. The Balaban J connectivity index is 2.11. The third kappa shape index (κ3) is 2.20. The molecular formula is C15H12F2N2S. The fourth-order valence-electron chi connectivity index (χ4n) is 2.28. The molecule has 0 aliphatic carbocycles. The van der Waals surface area contributed by atoms with Gasteiger partial charge in [0.15, 0.2) is 11.6 Å². The number of hydrogen-bond acceptors (Lipinski definition) is 3. The summed E-state index contributed by atoms with van der Waals surface area (Å²) in [5.41, 5.74) is 4.23. The quantitative estimate of drug-likeness (QED) is 0.570. The van der Waals surface area contributed by atoms with Gasteiger partial charge < -0.3 is 0 Å². The number of hydrogen-bond donors (Lipinski definition) is 2. The Kier molecular flexibility index (Phi) is 3.48. The molecule has 1 aromatic heterocycles. The zero-order valence-electron chi connectivity index (χ0n) is 10.4. The normalized spacial score (nSPS) is 12.8. The summed E-state index contributed by atoms with van der Waals surface area (Å²) in [7, 11) is 0. The number of fused-ring (bicyclic) bond motifs is 1. The summed E-state index contributed by atoms with van der Waals surface area (Å²) in [5, 5.41) is 3.04. The smallest absolute Gasteiger partial charge is 0.159 e. The van der Waals surface area contributed by atoms with Gasteiger partial charge in [0.05, 0.1) is 6.04 Å². The van der Waals surface area contributed by atoms with Crippen LogP contribution in [0.5, 0.6) is 0 Å². The van der Waals surface area contributed by atoms with Crippen LogP contribution in [0.15, 0.2) is 47.8 Å². The van der Waals surface area contributed by atoms with Crippen molar-refractivity contribution < 1.29 is 8.78 Å². The van der Waals surface area contributed by atoms with Crippen LogP contribution in [-0.4, -0.2) is 0 Å². The Hall–Kier alpha value is -1.82. The van der Waals surface area contributed by atoms with Crippen molar-refractivity contribution in [1.29, 1.82) is 0 Å². The number of benzene rings is 2. The van der Waals surface area contributed by atoms with Crippen molar-refractivity contribution in [2.45, 2.75) is 6.04 Å². The lowest BCUT2D eigenvalue weighted by Gasteiger charge is -2.16. The summed E-state index contributed by atoms with van der Waals surface area (Å²) in [5.74, 6) is 3.88. The molecular weight excluding hydrogens is 278 g/mol. The van der Waals surface area contributed by atoms with Crippen molar-refractivity contribution >= 4 is 21.4 Å². The van der Waals surface area contributed by atoms with E-state index in [4.69, 9.17) is 5.84 Å². The summed E-state index contributed by atoms with van der Waals surface area (Å²) < 4.78 is 27.6. The van der Waals surface area contributed by atoms with Gasteiger partial charge in [0, 0.05) is 4.70 Å². The average Bonchev–Trinajstić information content (AvgIpc) is 2.88. The predicted octanol–water partition coefficient (Wildman–Crippen LogP) is 3.73. The van der Waals surface area contributed by atoms with Crippen molar-refractivity contribution in [3.8, 4) is 0 Å². The monoisotopic (exact) mass is 290 g/mol. The van der Waals surface area contributed by atoms with Crippen LogP contribution in [-0.2, 0) is 0 Å². The molecule has 20 heavy (non-hydrogen) atoms. The largest absolute Gasteiger partial charge is 0.271 e. The Morgan fingerprint density at radius 1 is 1.05 bits per heavy atom. The molecule has 1 unspecified atom stereocenters. The molecule has 0 aliphatic rings. The first-order valence-corrected chi connectivity index (χ1v) is 6.96. The second-order valence-electron chi connectivity index (χ2n) is 4.46. The SMILES string of the molecule is NNC(c1ccc(F)c(F)c1)c1csc2ccccc12. The van der Waals surface area contributed by atoms with Gasteiger partial charge in [-0.2, -0.15) is 0 Å². The van der Waals surface area contributed by atoms with Crippen molar-refractivity contribution in [1.82, 2.24) is 5.43 Å². The van der Waals surface area contributed by atoms with Crippen molar-refractivity contribution in [2.75, 3.05) is 0 Å². The maximum absolute atomic E-state index is 13.4. The van der Waals surface area contributed by atoms with Crippen LogP contribution in [0, 0.1) is 11.6 Å². The van der Waals surface area contributed by atoms with Gasteiger partial charge in [0.2, 0.25) is 0 Å². The number of hydrazine groups is 1. The van der Waals surface area contributed by atoms with Gasteiger partial charge in [0.1, 0.15) is 0 Å². The third-order valence-corrected chi connectivity index (χ3v) is 4.25. The molecule has 5 heteroatoms. The summed E-state index contributed by atoms with van der Waals surface area (Å²) in [6.07, 6.45) is 0. The lowest BCUT2D eigenvalue weighted by atomic mass is 9.98. The molecule has 0 radical (unpaired) electrons. The Labute approximate surface area is 118 Å². The number of nitrogens with two attached hydrogens (primary N) is 1. The summed E-state index contributed by atoms with van der Waals surface area (Å²) >= 11 is 1.60. The van der Waals surface area contributed by atoms with E-state index < -0.39 is 11.6 Å².